The topological polar surface area (TPSA) is 66.1 Å². The van der Waals surface area contributed by atoms with Crippen LogP contribution in [0.15, 0.2) is 23.4 Å². The van der Waals surface area contributed by atoms with Crippen LogP contribution in [0.1, 0.15) is 12.5 Å². The largest absolute Gasteiger partial charge is 0.497 e. The maximum Gasteiger partial charge on any atom is 0.174 e. The van der Waals surface area contributed by atoms with Crippen molar-refractivity contribution in [2.45, 2.75) is 6.92 Å². The molecule has 0 bridgehead atoms. The standard InChI is InChI=1S/C11H16N2O3/c1-4-16-13-11(12)9-6-5-8(14-2)7-10(9)15-3/h5-7H,4H2,1-3H3,(H2,12,13). The summed E-state index contributed by atoms with van der Waals surface area (Å²) in [5, 5.41) is 3.75. The molecule has 88 valence electrons. The zero-order valence-electron chi connectivity index (χ0n) is 9.69. The van der Waals surface area contributed by atoms with E-state index >= 15 is 0 Å². The second-order valence-electron chi connectivity index (χ2n) is 2.96. The normalized spacial score (nSPS) is 11.1. The van der Waals surface area contributed by atoms with Crippen LogP contribution in [0.2, 0.25) is 0 Å². The molecule has 16 heavy (non-hydrogen) atoms. The van der Waals surface area contributed by atoms with E-state index < -0.39 is 0 Å². The van der Waals surface area contributed by atoms with Crippen LogP contribution in [-0.2, 0) is 4.84 Å². The Labute approximate surface area is 94.8 Å². The zero-order valence-corrected chi connectivity index (χ0v) is 9.69. The second-order valence-corrected chi connectivity index (χ2v) is 2.96. The second kappa shape index (κ2) is 5.85. The molecule has 1 aromatic carbocycles. The Hall–Kier alpha value is -1.91. The first-order valence-corrected chi connectivity index (χ1v) is 4.90. The minimum Gasteiger partial charge on any atom is -0.497 e. The molecule has 0 spiro atoms. The number of hydrogen-bond donors (Lipinski definition) is 1. The van der Waals surface area contributed by atoms with Gasteiger partial charge in [-0.05, 0) is 19.1 Å². The van der Waals surface area contributed by atoms with Crippen LogP contribution >= 0.6 is 0 Å². The first-order valence-electron chi connectivity index (χ1n) is 4.90. The van der Waals surface area contributed by atoms with Gasteiger partial charge in [0, 0.05) is 6.07 Å². The molecule has 0 radical (unpaired) electrons. The molecule has 0 amide bonds. The van der Waals surface area contributed by atoms with Gasteiger partial charge in [-0.2, -0.15) is 0 Å². The molecule has 0 aliphatic carbocycles. The monoisotopic (exact) mass is 224 g/mol. The molecule has 0 unspecified atom stereocenters. The van der Waals surface area contributed by atoms with E-state index in [0.717, 1.165) is 0 Å². The first-order chi connectivity index (χ1) is 7.72. The Morgan fingerprint density at radius 1 is 1.31 bits per heavy atom. The highest BCUT2D eigenvalue weighted by molar-refractivity contribution is 5.99. The number of nitrogens with two attached hydrogens (primary N) is 1. The highest BCUT2D eigenvalue weighted by Crippen LogP contribution is 2.24. The third kappa shape index (κ3) is 2.79. The molecule has 0 aliphatic heterocycles. The average Bonchev–Trinajstić information content (AvgIpc) is 2.34. The van der Waals surface area contributed by atoms with Gasteiger partial charge in [-0.25, -0.2) is 0 Å². The van der Waals surface area contributed by atoms with Gasteiger partial charge in [0.15, 0.2) is 5.84 Å². The average molecular weight is 224 g/mol. The fourth-order valence-corrected chi connectivity index (χ4v) is 1.19. The number of benzene rings is 1. The number of amidine groups is 1. The first kappa shape index (κ1) is 12.2. The Bertz CT molecular complexity index is 377. The highest BCUT2D eigenvalue weighted by atomic mass is 16.6. The van der Waals surface area contributed by atoms with E-state index in [4.69, 9.17) is 20.0 Å². The van der Waals surface area contributed by atoms with Gasteiger partial charge in [0.05, 0.1) is 19.8 Å². The molecular weight excluding hydrogens is 208 g/mol. The highest BCUT2D eigenvalue weighted by Gasteiger charge is 2.08. The molecule has 1 aromatic rings. The van der Waals surface area contributed by atoms with Crippen LogP contribution < -0.4 is 15.2 Å². The van der Waals surface area contributed by atoms with Gasteiger partial charge < -0.3 is 20.0 Å². The van der Waals surface area contributed by atoms with Gasteiger partial charge in [-0.15, -0.1) is 0 Å². The quantitative estimate of drug-likeness (QED) is 0.466. The minimum absolute atomic E-state index is 0.279. The van der Waals surface area contributed by atoms with Gasteiger partial charge in [0.2, 0.25) is 0 Å². The number of oxime groups is 1. The van der Waals surface area contributed by atoms with Crippen molar-refractivity contribution >= 4 is 5.84 Å². The van der Waals surface area contributed by atoms with Gasteiger partial charge in [-0.1, -0.05) is 5.16 Å². The molecular formula is C11H16N2O3. The summed E-state index contributed by atoms with van der Waals surface area (Å²) >= 11 is 0. The van der Waals surface area contributed by atoms with Crippen LogP contribution in [0, 0.1) is 0 Å². The summed E-state index contributed by atoms with van der Waals surface area (Å²) in [6.07, 6.45) is 0. The van der Waals surface area contributed by atoms with Crippen molar-refractivity contribution in [2.24, 2.45) is 10.9 Å². The molecule has 2 N–H and O–H groups in total. The van der Waals surface area contributed by atoms with Crippen LogP contribution in [0.4, 0.5) is 0 Å². The van der Waals surface area contributed by atoms with Crippen LogP contribution in [-0.4, -0.2) is 26.7 Å². The Morgan fingerprint density at radius 2 is 2.06 bits per heavy atom. The summed E-state index contributed by atoms with van der Waals surface area (Å²) in [7, 11) is 3.15. The van der Waals surface area contributed by atoms with Crippen molar-refractivity contribution in [3.63, 3.8) is 0 Å². The molecule has 0 aromatic heterocycles. The maximum absolute atomic E-state index is 5.75. The molecule has 0 fully saturated rings. The van der Waals surface area contributed by atoms with Gasteiger partial charge in [0.25, 0.3) is 0 Å². The third-order valence-corrected chi connectivity index (χ3v) is 1.98. The van der Waals surface area contributed by atoms with E-state index in [1.54, 1.807) is 32.4 Å². The Kier molecular flexibility index (Phi) is 4.44. The summed E-state index contributed by atoms with van der Waals surface area (Å²) in [5.74, 6) is 1.58. The lowest BCUT2D eigenvalue weighted by Gasteiger charge is -2.09. The Morgan fingerprint density at radius 3 is 2.62 bits per heavy atom. The van der Waals surface area contributed by atoms with Crippen molar-refractivity contribution < 1.29 is 14.3 Å². The number of nitrogens with zero attached hydrogens (tertiary/aromatic N) is 1. The minimum atomic E-state index is 0.279. The summed E-state index contributed by atoms with van der Waals surface area (Å²) in [6, 6.07) is 5.30. The van der Waals surface area contributed by atoms with E-state index in [0.29, 0.717) is 23.7 Å². The molecule has 5 nitrogen and oxygen atoms in total. The van der Waals surface area contributed by atoms with E-state index in [9.17, 15) is 0 Å². The summed E-state index contributed by atoms with van der Waals surface area (Å²) in [6.45, 7) is 2.31. The predicted molar refractivity (Wildman–Crippen MR) is 61.9 cm³/mol. The lowest BCUT2D eigenvalue weighted by atomic mass is 10.2. The fraction of sp³-hybridized carbons (Fsp3) is 0.364. The number of hydrogen-bond acceptors (Lipinski definition) is 4. The van der Waals surface area contributed by atoms with E-state index in [1.165, 1.54) is 0 Å². The van der Waals surface area contributed by atoms with Crippen molar-refractivity contribution in [1.82, 2.24) is 0 Å². The predicted octanol–water partition coefficient (Wildman–Crippen LogP) is 1.36. The van der Waals surface area contributed by atoms with Gasteiger partial charge >= 0.3 is 0 Å². The lowest BCUT2D eigenvalue weighted by molar-refractivity contribution is 0.158. The van der Waals surface area contributed by atoms with E-state index in [1.807, 2.05) is 6.92 Å². The number of rotatable bonds is 5. The third-order valence-electron chi connectivity index (χ3n) is 1.98. The Balaban J connectivity index is 3.03. The SMILES string of the molecule is CCO/N=C(\N)c1ccc(OC)cc1OC. The molecule has 0 atom stereocenters. The number of methoxy groups -OCH3 is 2. The summed E-state index contributed by atoms with van der Waals surface area (Å²) in [4.78, 5) is 4.88. The molecule has 0 heterocycles. The van der Waals surface area contributed by atoms with Crippen LogP contribution in [0.3, 0.4) is 0 Å². The van der Waals surface area contributed by atoms with E-state index in [2.05, 4.69) is 5.16 Å². The van der Waals surface area contributed by atoms with Gasteiger partial charge in [-0.3, -0.25) is 0 Å². The molecule has 0 aliphatic rings. The summed E-state index contributed by atoms with van der Waals surface area (Å²) < 4.78 is 10.3. The fourth-order valence-electron chi connectivity index (χ4n) is 1.19. The van der Waals surface area contributed by atoms with Crippen molar-refractivity contribution in [3.05, 3.63) is 23.8 Å². The van der Waals surface area contributed by atoms with Crippen LogP contribution in [0.25, 0.3) is 0 Å². The summed E-state index contributed by atoms with van der Waals surface area (Å²) in [5.41, 5.74) is 6.43. The smallest absolute Gasteiger partial charge is 0.174 e. The zero-order chi connectivity index (χ0) is 12.0. The van der Waals surface area contributed by atoms with Crippen molar-refractivity contribution in [1.29, 1.82) is 0 Å². The van der Waals surface area contributed by atoms with E-state index in [-0.39, 0.29) is 5.84 Å². The van der Waals surface area contributed by atoms with Gasteiger partial charge in [0.1, 0.15) is 18.1 Å². The number of ether oxygens (including phenoxy) is 2. The van der Waals surface area contributed by atoms with Crippen molar-refractivity contribution in [3.8, 4) is 11.5 Å². The van der Waals surface area contributed by atoms with Crippen LogP contribution in [0.5, 0.6) is 11.5 Å². The molecule has 5 heteroatoms. The molecule has 1 rings (SSSR count). The van der Waals surface area contributed by atoms with Crippen molar-refractivity contribution in [2.75, 3.05) is 20.8 Å². The maximum atomic E-state index is 5.75. The lowest BCUT2D eigenvalue weighted by Crippen LogP contribution is -2.15. The molecule has 0 saturated heterocycles. The molecule has 0 saturated carbocycles.